The molecule has 1 unspecified atom stereocenters. The van der Waals surface area contributed by atoms with Crippen molar-refractivity contribution in [2.75, 3.05) is 18.5 Å². The van der Waals surface area contributed by atoms with E-state index in [0.29, 0.717) is 24.9 Å². The Labute approximate surface area is 164 Å². The molecular formula is C19H26N8O. The van der Waals surface area contributed by atoms with E-state index in [4.69, 9.17) is 5.73 Å². The van der Waals surface area contributed by atoms with Crippen molar-refractivity contribution in [3.8, 4) is 0 Å². The smallest absolute Gasteiger partial charge is 0.289 e. The molecule has 2 heterocycles. The van der Waals surface area contributed by atoms with Gasteiger partial charge in [-0.1, -0.05) is 18.2 Å². The highest BCUT2D eigenvalue weighted by atomic mass is 16.2. The fraction of sp³-hybridized carbons (Fsp3) is 0.421. The normalized spacial score (nSPS) is 12.2. The van der Waals surface area contributed by atoms with Crippen LogP contribution in [0.4, 0.5) is 5.95 Å². The molecule has 2 aromatic heterocycles. The highest BCUT2D eigenvalue weighted by molar-refractivity contribution is 5.91. The number of aromatic nitrogens is 5. The Balaban J connectivity index is 1.76. The monoisotopic (exact) mass is 382 g/mol. The molecule has 0 spiro atoms. The van der Waals surface area contributed by atoms with Crippen LogP contribution in [0.15, 0.2) is 24.3 Å². The molecule has 0 fully saturated rings. The van der Waals surface area contributed by atoms with Gasteiger partial charge in [0.15, 0.2) is 0 Å². The minimum atomic E-state index is -0.316. The number of fused-ring (bicyclic) bond motifs is 1. The molecule has 0 aliphatic heterocycles. The second-order valence-electron chi connectivity index (χ2n) is 6.85. The van der Waals surface area contributed by atoms with Gasteiger partial charge >= 0.3 is 0 Å². The van der Waals surface area contributed by atoms with Gasteiger partial charge in [0.05, 0.1) is 12.1 Å². The van der Waals surface area contributed by atoms with E-state index in [0.717, 1.165) is 16.6 Å². The van der Waals surface area contributed by atoms with Gasteiger partial charge in [0.2, 0.25) is 11.8 Å². The lowest BCUT2D eigenvalue weighted by Gasteiger charge is -2.20. The molecule has 3 rings (SSSR count). The van der Waals surface area contributed by atoms with Gasteiger partial charge in [0.1, 0.15) is 5.82 Å². The maximum atomic E-state index is 12.7. The van der Waals surface area contributed by atoms with E-state index < -0.39 is 0 Å². The zero-order chi connectivity index (χ0) is 20.3. The molecule has 148 valence electrons. The fourth-order valence-electron chi connectivity index (χ4n) is 3.16. The molecule has 28 heavy (non-hydrogen) atoms. The summed E-state index contributed by atoms with van der Waals surface area (Å²) in [5.74, 6) is 1.11. The first kappa shape index (κ1) is 19.7. The summed E-state index contributed by atoms with van der Waals surface area (Å²) in [7, 11) is 1.88. The van der Waals surface area contributed by atoms with Crippen LogP contribution in [0.1, 0.15) is 36.0 Å². The van der Waals surface area contributed by atoms with Crippen LogP contribution < -0.4 is 16.0 Å². The predicted octanol–water partition coefficient (Wildman–Crippen LogP) is 1.26. The molecule has 0 aliphatic carbocycles. The van der Waals surface area contributed by atoms with Crippen LogP contribution in [-0.2, 0) is 13.1 Å². The van der Waals surface area contributed by atoms with Crippen molar-refractivity contribution in [3.63, 3.8) is 0 Å². The van der Waals surface area contributed by atoms with Crippen molar-refractivity contribution in [1.82, 2.24) is 30.0 Å². The average molecular weight is 382 g/mol. The van der Waals surface area contributed by atoms with Gasteiger partial charge in [0.25, 0.3) is 5.91 Å². The number of amides is 1. The zero-order valence-corrected chi connectivity index (χ0v) is 16.7. The quantitative estimate of drug-likeness (QED) is 0.632. The van der Waals surface area contributed by atoms with Crippen LogP contribution in [0.3, 0.4) is 0 Å². The summed E-state index contributed by atoms with van der Waals surface area (Å²) < 4.78 is 1.77. The third kappa shape index (κ3) is 4.09. The second kappa shape index (κ2) is 8.30. The molecule has 0 bridgehead atoms. The number of para-hydroxylation sites is 1. The molecule has 9 heteroatoms. The summed E-state index contributed by atoms with van der Waals surface area (Å²) in [6.45, 7) is 7.20. The summed E-state index contributed by atoms with van der Waals surface area (Å²) >= 11 is 0. The van der Waals surface area contributed by atoms with E-state index in [1.165, 1.54) is 0 Å². The number of nitrogens with two attached hydrogens (primary N) is 1. The van der Waals surface area contributed by atoms with E-state index in [2.05, 4.69) is 25.5 Å². The van der Waals surface area contributed by atoms with Crippen molar-refractivity contribution in [2.45, 2.75) is 39.9 Å². The molecule has 0 saturated carbocycles. The highest BCUT2D eigenvalue weighted by Crippen LogP contribution is 2.15. The summed E-state index contributed by atoms with van der Waals surface area (Å²) in [5, 5.41) is 12.1. The van der Waals surface area contributed by atoms with Crippen molar-refractivity contribution < 1.29 is 4.79 Å². The van der Waals surface area contributed by atoms with Crippen LogP contribution in [0.25, 0.3) is 10.9 Å². The Morgan fingerprint density at radius 3 is 2.75 bits per heavy atom. The molecule has 1 atom stereocenters. The lowest BCUT2D eigenvalue weighted by Crippen LogP contribution is -2.35. The van der Waals surface area contributed by atoms with Gasteiger partial charge in [-0.15, -0.1) is 10.2 Å². The minimum Gasteiger partial charge on any atom is -0.342 e. The number of likely N-dealkylation sites (N-methyl/N-ethyl adjacent to an activating group) is 1. The Morgan fingerprint density at radius 2 is 2.04 bits per heavy atom. The van der Waals surface area contributed by atoms with E-state index in [-0.39, 0.29) is 24.3 Å². The summed E-state index contributed by atoms with van der Waals surface area (Å²) in [4.78, 5) is 23.6. The Hall–Kier alpha value is -3.07. The molecule has 0 aliphatic rings. The standard InChI is InChI=1S/C19H26N8O/c1-5-27-17(24-25-19(27)26(4)11-12(2)20)18(28)21-10-16-22-13(3)14-8-6-7-9-15(14)23-16/h6-9,12H,5,10-11,20H2,1-4H3,(H,21,28). The van der Waals surface area contributed by atoms with Crippen LogP contribution >= 0.6 is 0 Å². The number of carbonyl (C=O) groups excluding carboxylic acids is 1. The Morgan fingerprint density at radius 1 is 1.29 bits per heavy atom. The summed E-state index contributed by atoms with van der Waals surface area (Å²) in [5.41, 5.74) is 7.60. The molecule has 0 radical (unpaired) electrons. The number of aryl methyl sites for hydroxylation is 1. The van der Waals surface area contributed by atoms with Crippen molar-refractivity contribution in [3.05, 3.63) is 41.6 Å². The number of rotatable bonds is 7. The maximum absolute atomic E-state index is 12.7. The van der Waals surface area contributed by atoms with Crippen LogP contribution in [0.5, 0.6) is 0 Å². The maximum Gasteiger partial charge on any atom is 0.289 e. The minimum absolute atomic E-state index is 0.0161. The van der Waals surface area contributed by atoms with Crippen molar-refractivity contribution in [2.24, 2.45) is 5.73 Å². The van der Waals surface area contributed by atoms with Crippen LogP contribution in [0, 0.1) is 6.92 Å². The van der Waals surface area contributed by atoms with E-state index >= 15 is 0 Å². The molecule has 1 amide bonds. The zero-order valence-electron chi connectivity index (χ0n) is 16.7. The lowest BCUT2D eigenvalue weighted by molar-refractivity contribution is 0.0935. The molecule has 9 nitrogen and oxygen atoms in total. The second-order valence-corrected chi connectivity index (χ2v) is 6.85. The van der Waals surface area contributed by atoms with E-state index in [1.807, 2.05) is 57.0 Å². The van der Waals surface area contributed by atoms with Crippen molar-refractivity contribution >= 4 is 22.8 Å². The number of carbonyl (C=O) groups is 1. The van der Waals surface area contributed by atoms with Crippen molar-refractivity contribution in [1.29, 1.82) is 0 Å². The SMILES string of the molecule is CCn1c(C(=O)NCc2nc(C)c3ccccc3n2)nnc1N(C)CC(C)N. The first-order valence-electron chi connectivity index (χ1n) is 9.31. The highest BCUT2D eigenvalue weighted by Gasteiger charge is 2.20. The Kier molecular flexibility index (Phi) is 5.84. The Bertz CT molecular complexity index is 981. The molecular weight excluding hydrogens is 356 g/mol. The molecule has 1 aromatic carbocycles. The summed E-state index contributed by atoms with van der Waals surface area (Å²) in [6.07, 6.45) is 0. The molecule has 0 saturated heterocycles. The van der Waals surface area contributed by atoms with Gasteiger partial charge in [0, 0.05) is 37.3 Å². The number of benzene rings is 1. The fourth-order valence-corrected chi connectivity index (χ4v) is 3.16. The lowest BCUT2D eigenvalue weighted by atomic mass is 10.2. The number of nitrogens with zero attached hydrogens (tertiary/aromatic N) is 6. The van der Waals surface area contributed by atoms with Crippen LogP contribution in [-0.4, -0.2) is 50.3 Å². The third-order valence-electron chi connectivity index (χ3n) is 4.40. The van der Waals surface area contributed by atoms with Gasteiger partial charge in [-0.3, -0.25) is 9.36 Å². The van der Waals surface area contributed by atoms with Gasteiger partial charge in [-0.25, -0.2) is 9.97 Å². The van der Waals surface area contributed by atoms with E-state index in [9.17, 15) is 4.79 Å². The first-order valence-corrected chi connectivity index (χ1v) is 9.31. The number of hydrogen-bond donors (Lipinski definition) is 2. The van der Waals surface area contributed by atoms with Gasteiger partial charge in [-0.2, -0.15) is 0 Å². The summed E-state index contributed by atoms with van der Waals surface area (Å²) in [6, 6.07) is 7.79. The largest absolute Gasteiger partial charge is 0.342 e. The molecule has 3 aromatic rings. The average Bonchev–Trinajstić information content (AvgIpc) is 3.10. The van der Waals surface area contributed by atoms with E-state index in [1.54, 1.807) is 4.57 Å². The third-order valence-corrected chi connectivity index (χ3v) is 4.40. The van der Waals surface area contributed by atoms with Crippen LogP contribution in [0.2, 0.25) is 0 Å². The number of anilines is 1. The van der Waals surface area contributed by atoms with Gasteiger partial charge < -0.3 is 16.0 Å². The van der Waals surface area contributed by atoms with Gasteiger partial charge in [-0.05, 0) is 26.8 Å². The topological polar surface area (TPSA) is 115 Å². The number of hydrogen-bond acceptors (Lipinski definition) is 7. The first-order chi connectivity index (χ1) is 13.4. The predicted molar refractivity (Wildman–Crippen MR) is 108 cm³/mol. The molecule has 3 N–H and O–H groups in total. The number of nitrogens with one attached hydrogen (secondary N) is 1.